The highest BCUT2D eigenvalue weighted by Gasteiger charge is 2.34. The van der Waals surface area contributed by atoms with E-state index < -0.39 is 11.7 Å². The number of halogens is 3. The van der Waals surface area contributed by atoms with Crippen LogP contribution in [0.2, 0.25) is 0 Å². The van der Waals surface area contributed by atoms with Gasteiger partial charge in [0.2, 0.25) is 5.91 Å². The number of alkyl halides is 3. The Balaban J connectivity index is 1.70. The molecule has 1 aromatic rings. The summed E-state index contributed by atoms with van der Waals surface area (Å²) in [6.45, 7) is 4.89. The molecule has 0 radical (unpaired) electrons. The molecule has 3 rings (SSSR count). The molecule has 0 aromatic heterocycles. The summed E-state index contributed by atoms with van der Waals surface area (Å²) >= 11 is 1.49. The van der Waals surface area contributed by atoms with Crippen molar-refractivity contribution in [3.63, 3.8) is 0 Å². The maximum Gasteiger partial charge on any atom is 0.416 e. The molecular formula is C18H24F3N3OS. The first kappa shape index (κ1) is 19.5. The van der Waals surface area contributed by atoms with E-state index in [0.717, 1.165) is 51.6 Å². The maximum atomic E-state index is 13.1. The molecule has 4 nitrogen and oxygen atoms in total. The number of piperazine rings is 1. The van der Waals surface area contributed by atoms with Gasteiger partial charge in [0.25, 0.3) is 0 Å². The van der Waals surface area contributed by atoms with Crippen LogP contribution >= 0.6 is 11.8 Å². The number of carbonyl (C=O) groups excluding carboxylic acids is 1. The first-order valence-corrected chi connectivity index (χ1v) is 9.99. The standard InChI is InChI=1S/C18H24F3N3OS/c19-18(20,21)14-4-1-3-13(11-14)15(17-23-16(25)12-26-17)5-2-8-24-9-6-22-7-10-24/h1,3-4,11,15,17,22H,2,5-10,12H2,(H,23,25). The third-order valence-corrected chi connectivity index (χ3v) is 6.14. The van der Waals surface area contributed by atoms with E-state index in [4.69, 9.17) is 0 Å². The topological polar surface area (TPSA) is 44.4 Å². The number of nitrogens with one attached hydrogen (secondary N) is 2. The van der Waals surface area contributed by atoms with E-state index in [9.17, 15) is 18.0 Å². The zero-order chi connectivity index (χ0) is 18.6. The van der Waals surface area contributed by atoms with Gasteiger partial charge in [-0.05, 0) is 31.0 Å². The van der Waals surface area contributed by atoms with Gasteiger partial charge in [-0.15, -0.1) is 11.8 Å². The van der Waals surface area contributed by atoms with Crippen molar-refractivity contribution in [1.82, 2.24) is 15.5 Å². The summed E-state index contributed by atoms with van der Waals surface area (Å²) in [5.74, 6) is 0.216. The van der Waals surface area contributed by atoms with Crippen molar-refractivity contribution in [2.45, 2.75) is 30.3 Å². The van der Waals surface area contributed by atoms with Gasteiger partial charge >= 0.3 is 6.18 Å². The maximum absolute atomic E-state index is 13.1. The van der Waals surface area contributed by atoms with Crippen LogP contribution in [0.3, 0.4) is 0 Å². The van der Waals surface area contributed by atoms with Crippen molar-refractivity contribution in [2.24, 2.45) is 0 Å². The van der Waals surface area contributed by atoms with Crippen LogP contribution in [0.4, 0.5) is 13.2 Å². The van der Waals surface area contributed by atoms with Gasteiger partial charge in [0.15, 0.2) is 0 Å². The first-order valence-electron chi connectivity index (χ1n) is 8.95. The Morgan fingerprint density at radius 1 is 1.27 bits per heavy atom. The summed E-state index contributed by atoms with van der Waals surface area (Å²) in [4.78, 5) is 14.0. The molecule has 8 heteroatoms. The number of nitrogens with zero attached hydrogens (tertiary/aromatic N) is 1. The van der Waals surface area contributed by atoms with E-state index >= 15 is 0 Å². The molecule has 2 N–H and O–H groups in total. The zero-order valence-electron chi connectivity index (χ0n) is 14.5. The normalized spacial score (nSPS) is 23.0. The second-order valence-corrected chi connectivity index (χ2v) is 7.89. The largest absolute Gasteiger partial charge is 0.416 e. The Hall–Kier alpha value is -1.25. The van der Waals surface area contributed by atoms with Crippen molar-refractivity contribution in [2.75, 3.05) is 38.5 Å². The van der Waals surface area contributed by atoms with E-state index in [1.54, 1.807) is 6.07 Å². The van der Waals surface area contributed by atoms with Crippen molar-refractivity contribution in [1.29, 1.82) is 0 Å². The van der Waals surface area contributed by atoms with Crippen molar-refractivity contribution in [3.05, 3.63) is 35.4 Å². The molecule has 0 spiro atoms. The van der Waals surface area contributed by atoms with Crippen LogP contribution in [0.15, 0.2) is 24.3 Å². The second-order valence-electron chi connectivity index (χ2n) is 6.76. The Bertz CT molecular complexity index is 620. The van der Waals surface area contributed by atoms with Crippen molar-refractivity contribution < 1.29 is 18.0 Å². The summed E-state index contributed by atoms with van der Waals surface area (Å²) in [5, 5.41) is 6.07. The average molecular weight is 387 g/mol. The van der Waals surface area contributed by atoms with E-state index in [-0.39, 0.29) is 17.2 Å². The van der Waals surface area contributed by atoms with Crippen molar-refractivity contribution >= 4 is 17.7 Å². The monoisotopic (exact) mass is 387 g/mol. The fourth-order valence-corrected chi connectivity index (χ4v) is 4.69. The fraction of sp³-hybridized carbons (Fsp3) is 0.611. The van der Waals surface area contributed by atoms with Gasteiger partial charge in [0.05, 0.1) is 16.7 Å². The number of carbonyl (C=O) groups is 1. The van der Waals surface area contributed by atoms with Gasteiger partial charge in [-0.2, -0.15) is 13.2 Å². The lowest BCUT2D eigenvalue weighted by molar-refractivity contribution is -0.137. The van der Waals surface area contributed by atoms with Gasteiger partial charge in [-0.1, -0.05) is 18.2 Å². The molecular weight excluding hydrogens is 363 g/mol. The van der Waals surface area contributed by atoms with Gasteiger partial charge in [0, 0.05) is 32.1 Å². The smallest absolute Gasteiger partial charge is 0.343 e. The predicted octanol–water partition coefficient (Wildman–Crippen LogP) is 2.66. The molecule has 2 heterocycles. The summed E-state index contributed by atoms with van der Waals surface area (Å²) in [7, 11) is 0. The molecule has 0 saturated carbocycles. The number of thioether (sulfide) groups is 1. The molecule has 2 aliphatic rings. The lowest BCUT2D eigenvalue weighted by atomic mass is 9.92. The number of hydrogen-bond acceptors (Lipinski definition) is 4. The number of benzene rings is 1. The molecule has 2 fully saturated rings. The van der Waals surface area contributed by atoms with Crippen LogP contribution in [0.25, 0.3) is 0 Å². The van der Waals surface area contributed by atoms with Crippen LogP contribution in [0, 0.1) is 0 Å². The third-order valence-electron chi connectivity index (χ3n) is 4.90. The summed E-state index contributed by atoms with van der Waals surface area (Å²) in [6.07, 6.45) is -2.70. The number of amides is 1. The SMILES string of the molecule is O=C1CSC(C(CCCN2CCNCC2)c2cccc(C(F)(F)F)c2)N1. The quantitative estimate of drug-likeness (QED) is 0.788. The van der Waals surface area contributed by atoms with Gasteiger partial charge < -0.3 is 15.5 Å². The summed E-state index contributed by atoms with van der Waals surface area (Å²) < 4.78 is 39.2. The number of rotatable bonds is 6. The predicted molar refractivity (Wildman–Crippen MR) is 97.1 cm³/mol. The highest BCUT2D eigenvalue weighted by molar-refractivity contribution is 8.01. The van der Waals surface area contributed by atoms with E-state index in [1.165, 1.54) is 23.9 Å². The van der Waals surface area contributed by atoms with Crippen LogP contribution in [-0.4, -0.2) is 54.7 Å². The molecule has 144 valence electrons. The Morgan fingerprint density at radius 3 is 2.69 bits per heavy atom. The van der Waals surface area contributed by atoms with Crippen LogP contribution in [-0.2, 0) is 11.0 Å². The minimum Gasteiger partial charge on any atom is -0.343 e. The van der Waals surface area contributed by atoms with Crippen LogP contribution in [0.1, 0.15) is 29.9 Å². The van der Waals surface area contributed by atoms with Gasteiger partial charge in [-0.3, -0.25) is 4.79 Å². The highest BCUT2D eigenvalue weighted by Crippen LogP contribution is 2.37. The molecule has 2 aliphatic heterocycles. The fourth-order valence-electron chi connectivity index (χ4n) is 3.53. The van der Waals surface area contributed by atoms with E-state index in [2.05, 4.69) is 15.5 Å². The zero-order valence-corrected chi connectivity index (χ0v) is 15.3. The molecule has 0 bridgehead atoms. The Labute approximate surface area is 155 Å². The molecule has 2 unspecified atom stereocenters. The van der Waals surface area contributed by atoms with E-state index in [0.29, 0.717) is 11.3 Å². The Kier molecular flexibility index (Phi) is 6.47. The lowest BCUT2D eigenvalue weighted by Crippen LogP contribution is -2.43. The average Bonchev–Trinajstić information content (AvgIpc) is 3.05. The van der Waals surface area contributed by atoms with E-state index in [1.807, 2.05) is 0 Å². The van der Waals surface area contributed by atoms with Crippen molar-refractivity contribution in [3.8, 4) is 0 Å². The number of hydrogen-bond donors (Lipinski definition) is 2. The lowest BCUT2D eigenvalue weighted by Gasteiger charge is -2.29. The molecule has 2 saturated heterocycles. The Morgan fingerprint density at radius 2 is 2.04 bits per heavy atom. The molecule has 1 amide bonds. The minimum atomic E-state index is -4.35. The molecule has 0 aliphatic carbocycles. The van der Waals surface area contributed by atoms with Crippen LogP contribution in [0.5, 0.6) is 0 Å². The second kappa shape index (κ2) is 8.63. The molecule has 2 atom stereocenters. The summed E-state index contributed by atoms with van der Waals surface area (Å²) in [5.41, 5.74) is 0.0243. The van der Waals surface area contributed by atoms with Gasteiger partial charge in [-0.25, -0.2) is 0 Å². The minimum absolute atomic E-state index is 0.0425. The molecule has 26 heavy (non-hydrogen) atoms. The summed E-state index contributed by atoms with van der Waals surface area (Å²) in [6, 6.07) is 5.54. The highest BCUT2D eigenvalue weighted by atomic mass is 32.2. The van der Waals surface area contributed by atoms with Gasteiger partial charge in [0.1, 0.15) is 0 Å². The first-order chi connectivity index (χ1) is 12.4. The third kappa shape index (κ3) is 5.14. The molecule has 1 aromatic carbocycles. The van der Waals surface area contributed by atoms with Crippen LogP contribution < -0.4 is 10.6 Å².